The SMILES string of the molecule is C=CC(=O)N1CCN(c2nc(=O)n3c4c2cc(Cl)c(-c2ccccc2F)[n+]4C(C)c2nccc(C)c2-3)[C@@H](C)C1. The van der Waals surface area contributed by atoms with Crippen LogP contribution in [0.2, 0.25) is 5.02 Å². The Morgan fingerprint density at radius 3 is 2.72 bits per heavy atom. The van der Waals surface area contributed by atoms with Crippen LogP contribution in [-0.4, -0.2) is 51.0 Å². The van der Waals surface area contributed by atoms with Crippen LogP contribution in [0.1, 0.15) is 31.1 Å². The fourth-order valence-electron chi connectivity index (χ4n) is 5.90. The standard InChI is InChI=1S/C29H27ClFN6O2/c1-5-23(38)34-12-13-35(17(3)15-34)27-20-14-21(30)26(19-8-6-7-9-22(19)31)36-18(4)24-25(16(2)10-11-32-24)37(28(20)36)29(39)33-27/h5-11,14,17-18H,1,12-13,15H2,2-4H3/q+1/t17-,18?/m0/s1. The number of benzene rings is 1. The molecule has 6 rings (SSSR count). The monoisotopic (exact) mass is 545 g/mol. The van der Waals surface area contributed by atoms with Gasteiger partial charge in [-0.1, -0.05) is 30.3 Å². The Morgan fingerprint density at radius 1 is 1.23 bits per heavy atom. The Kier molecular flexibility index (Phi) is 5.99. The molecule has 1 amide bonds. The van der Waals surface area contributed by atoms with Gasteiger partial charge in [0.2, 0.25) is 5.91 Å². The quantitative estimate of drug-likeness (QED) is 0.287. The summed E-state index contributed by atoms with van der Waals surface area (Å²) in [5.74, 6) is -0.0668. The molecular weight excluding hydrogens is 519 g/mol. The van der Waals surface area contributed by atoms with E-state index >= 15 is 4.39 Å². The first kappa shape index (κ1) is 25.2. The van der Waals surface area contributed by atoms with E-state index in [4.69, 9.17) is 11.6 Å². The van der Waals surface area contributed by atoms with E-state index in [9.17, 15) is 9.59 Å². The molecule has 0 spiro atoms. The first-order valence-electron chi connectivity index (χ1n) is 12.8. The lowest BCUT2D eigenvalue weighted by Gasteiger charge is -2.40. The van der Waals surface area contributed by atoms with Crippen LogP contribution in [0, 0.1) is 12.7 Å². The summed E-state index contributed by atoms with van der Waals surface area (Å²) in [6.45, 7) is 10.9. The van der Waals surface area contributed by atoms with Crippen molar-refractivity contribution in [3.63, 3.8) is 0 Å². The van der Waals surface area contributed by atoms with E-state index in [1.807, 2.05) is 36.3 Å². The number of hydrogen-bond donors (Lipinski definition) is 0. The maximum absolute atomic E-state index is 15.2. The van der Waals surface area contributed by atoms with Gasteiger partial charge in [-0.3, -0.25) is 9.78 Å². The molecule has 2 atom stereocenters. The summed E-state index contributed by atoms with van der Waals surface area (Å²) in [5, 5.41) is 0.993. The predicted octanol–water partition coefficient (Wildman–Crippen LogP) is 3.98. The Balaban J connectivity index is 1.69. The largest absolute Gasteiger partial charge is 0.442 e. The second-order valence-electron chi connectivity index (χ2n) is 10.0. The lowest BCUT2D eigenvalue weighted by Crippen LogP contribution is -2.55. The number of aryl methyl sites for hydroxylation is 1. The van der Waals surface area contributed by atoms with E-state index in [2.05, 4.69) is 16.5 Å². The number of hydrogen-bond acceptors (Lipinski definition) is 5. The van der Waals surface area contributed by atoms with Gasteiger partial charge in [0.05, 0.1) is 10.6 Å². The van der Waals surface area contributed by atoms with Crippen molar-refractivity contribution in [1.29, 1.82) is 0 Å². The number of nitrogens with zero attached hydrogens (tertiary/aromatic N) is 6. The highest BCUT2D eigenvalue weighted by Gasteiger charge is 2.40. The van der Waals surface area contributed by atoms with Gasteiger partial charge in [-0.25, -0.2) is 13.8 Å². The van der Waals surface area contributed by atoms with Crippen molar-refractivity contribution in [3.8, 4) is 16.9 Å². The number of piperazine rings is 1. The number of pyridine rings is 2. The van der Waals surface area contributed by atoms with E-state index in [1.165, 1.54) is 12.1 Å². The zero-order chi connectivity index (χ0) is 27.6. The van der Waals surface area contributed by atoms with Crippen molar-refractivity contribution >= 4 is 34.4 Å². The molecule has 0 aliphatic carbocycles. The Bertz CT molecular complexity index is 1750. The third-order valence-corrected chi connectivity index (χ3v) is 8.02. The molecule has 4 aromatic rings. The molecule has 0 bridgehead atoms. The van der Waals surface area contributed by atoms with Crippen LogP contribution in [-0.2, 0) is 4.79 Å². The van der Waals surface area contributed by atoms with Crippen molar-refractivity contribution in [2.75, 3.05) is 24.5 Å². The van der Waals surface area contributed by atoms with Crippen LogP contribution in [0.3, 0.4) is 0 Å². The molecule has 0 radical (unpaired) electrons. The van der Waals surface area contributed by atoms with Crippen LogP contribution in [0.15, 0.2) is 60.0 Å². The van der Waals surface area contributed by atoms with E-state index in [0.29, 0.717) is 64.1 Å². The first-order chi connectivity index (χ1) is 18.7. The number of amides is 1. The number of carbonyl (C=O) groups is 1. The minimum Gasteiger partial charge on any atom is -0.349 e. The summed E-state index contributed by atoms with van der Waals surface area (Å²) in [6, 6.07) is 9.61. The molecule has 2 aliphatic heterocycles. The normalized spacial score (nSPS) is 18.3. The van der Waals surface area contributed by atoms with Gasteiger partial charge in [0.25, 0.3) is 0 Å². The molecule has 2 aliphatic rings. The second kappa shape index (κ2) is 9.27. The minimum atomic E-state index is -0.464. The zero-order valence-electron chi connectivity index (χ0n) is 21.9. The van der Waals surface area contributed by atoms with Gasteiger partial charge in [0.1, 0.15) is 22.9 Å². The molecule has 10 heteroatoms. The number of rotatable bonds is 3. The van der Waals surface area contributed by atoms with Gasteiger partial charge >= 0.3 is 11.3 Å². The number of anilines is 1. The maximum Gasteiger partial charge on any atom is 0.442 e. The highest BCUT2D eigenvalue weighted by atomic mass is 35.5. The molecule has 1 fully saturated rings. The van der Waals surface area contributed by atoms with Crippen LogP contribution >= 0.6 is 11.6 Å². The summed E-state index contributed by atoms with van der Waals surface area (Å²) in [7, 11) is 0. The highest BCUT2D eigenvalue weighted by Crippen LogP contribution is 2.38. The lowest BCUT2D eigenvalue weighted by atomic mass is 10.0. The third kappa shape index (κ3) is 3.75. The highest BCUT2D eigenvalue weighted by molar-refractivity contribution is 6.33. The molecule has 8 nitrogen and oxygen atoms in total. The molecule has 198 valence electrons. The number of halogens is 2. The average Bonchev–Trinajstić information content (AvgIpc) is 2.92. The van der Waals surface area contributed by atoms with E-state index in [0.717, 1.165) is 5.56 Å². The molecule has 1 saturated heterocycles. The summed E-state index contributed by atoms with van der Waals surface area (Å²) in [4.78, 5) is 39.1. The van der Waals surface area contributed by atoms with Crippen LogP contribution in [0.5, 0.6) is 0 Å². The van der Waals surface area contributed by atoms with Crippen LogP contribution < -0.4 is 15.2 Å². The van der Waals surface area contributed by atoms with Crippen LogP contribution in [0.4, 0.5) is 10.2 Å². The molecule has 1 unspecified atom stereocenters. The molecule has 1 aromatic carbocycles. The fourth-order valence-corrected chi connectivity index (χ4v) is 6.20. The number of aromatic nitrogens is 4. The van der Waals surface area contributed by atoms with Gasteiger partial charge in [-0.05, 0) is 51.1 Å². The van der Waals surface area contributed by atoms with E-state index in [-0.39, 0.29) is 18.0 Å². The lowest BCUT2D eigenvalue weighted by molar-refractivity contribution is -0.679. The molecule has 39 heavy (non-hydrogen) atoms. The van der Waals surface area contributed by atoms with Gasteiger partial charge < -0.3 is 9.80 Å². The molecular formula is C29H27ClFN6O2+. The fraction of sp³-hybridized carbons (Fsp3) is 0.276. The number of carbonyl (C=O) groups excluding carboxylic acids is 1. The summed E-state index contributed by atoms with van der Waals surface area (Å²) in [5.41, 5.74) is 3.13. The molecule has 0 N–H and O–H groups in total. The Hall–Kier alpha value is -4.11. The smallest absolute Gasteiger partial charge is 0.349 e. The van der Waals surface area contributed by atoms with Gasteiger partial charge in [0, 0.05) is 37.4 Å². The third-order valence-electron chi connectivity index (χ3n) is 7.73. The van der Waals surface area contributed by atoms with Gasteiger partial charge in [-0.2, -0.15) is 4.98 Å². The maximum atomic E-state index is 15.2. The first-order valence-corrected chi connectivity index (χ1v) is 13.2. The summed E-state index contributed by atoms with van der Waals surface area (Å²) < 4.78 is 18.7. The predicted molar refractivity (Wildman–Crippen MR) is 148 cm³/mol. The van der Waals surface area contributed by atoms with Gasteiger partial charge in [-0.15, -0.1) is 4.57 Å². The second-order valence-corrected chi connectivity index (χ2v) is 10.5. The minimum absolute atomic E-state index is 0.122. The summed E-state index contributed by atoms with van der Waals surface area (Å²) >= 11 is 6.96. The van der Waals surface area contributed by atoms with Crippen molar-refractivity contribution in [1.82, 2.24) is 19.4 Å². The Labute approximate surface area is 229 Å². The van der Waals surface area contributed by atoms with E-state index < -0.39 is 11.5 Å². The summed E-state index contributed by atoms with van der Waals surface area (Å²) in [6.07, 6.45) is 3.02. The van der Waals surface area contributed by atoms with Crippen molar-refractivity contribution in [3.05, 3.63) is 87.8 Å². The average molecular weight is 546 g/mol. The van der Waals surface area contributed by atoms with Crippen molar-refractivity contribution in [2.24, 2.45) is 0 Å². The van der Waals surface area contributed by atoms with Crippen molar-refractivity contribution in [2.45, 2.75) is 32.9 Å². The van der Waals surface area contributed by atoms with Crippen LogP contribution in [0.25, 0.3) is 28.0 Å². The van der Waals surface area contributed by atoms with E-state index in [1.54, 1.807) is 39.9 Å². The molecule has 5 heterocycles. The Morgan fingerprint density at radius 2 is 2.00 bits per heavy atom. The molecule has 0 saturated carbocycles. The molecule has 3 aromatic heterocycles. The topological polar surface area (TPSA) is 75.2 Å². The van der Waals surface area contributed by atoms with Crippen molar-refractivity contribution < 1.29 is 13.8 Å². The zero-order valence-corrected chi connectivity index (χ0v) is 22.6. The number of fused-ring (bicyclic) bond motifs is 2. The van der Waals surface area contributed by atoms with Gasteiger partial charge in [0.15, 0.2) is 17.2 Å².